The molecule has 112 valence electrons. The molecule has 7 heteroatoms. The first-order chi connectivity index (χ1) is 9.70. The van der Waals surface area contributed by atoms with E-state index in [9.17, 15) is 8.42 Å². The van der Waals surface area contributed by atoms with E-state index in [2.05, 4.69) is 25.6 Å². The summed E-state index contributed by atoms with van der Waals surface area (Å²) in [5.41, 5.74) is 8.38. The summed E-state index contributed by atoms with van der Waals surface area (Å²) in [5.74, 6) is 0.284. The van der Waals surface area contributed by atoms with Gasteiger partial charge in [-0.05, 0) is 71.6 Å². The molecule has 0 spiro atoms. The van der Waals surface area contributed by atoms with Crippen molar-refractivity contribution >= 4 is 37.5 Å². The van der Waals surface area contributed by atoms with E-state index in [4.69, 9.17) is 5.73 Å². The number of nitrogens with one attached hydrogen (secondary N) is 1. The van der Waals surface area contributed by atoms with Gasteiger partial charge >= 0.3 is 0 Å². The van der Waals surface area contributed by atoms with Crippen LogP contribution < -0.4 is 10.5 Å². The fourth-order valence-electron chi connectivity index (χ4n) is 2.19. The molecule has 0 aliphatic heterocycles. The van der Waals surface area contributed by atoms with E-state index >= 15 is 0 Å². The molecule has 0 saturated carbocycles. The van der Waals surface area contributed by atoms with Crippen molar-refractivity contribution in [1.82, 2.24) is 4.98 Å². The van der Waals surface area contributed by atoms with Crippen LogP contribution in [0.3, 0.4) is 0 Å². The first-order valence-corrected chi connectivity index (χ1v) is 8.50. The zero-order valence-corrected chi connectivity index (χ0v) is 14.3. The Labute approximate surface area is 132 Å². The number of benzene rings is 1. The Hall–Kier alpha value is -1.60. The Bertz CT molecular complexity index is 781. The molecule has 21 heavy (non-hydrogen) atoms. The largest absolute Gasteiger partial charge is 0.399 e. The van der Waals surface area contributed by atoms with Crippen molar-refractivity contribution in [2.24, 2.45) is 0 Å². The van der Waals surface area contributed by atoms with Crippen molar-refractivity contribution in [2.75, 3.05) is 10.5 Å². The molecular formula is C14H16BrN3O2S. The van der Waals surface area contributed by atoms with E-state index in [0.29, 0.717) is 16.8 Å². The van der Waals surface area contributed by atoms with Gasteiger partial charge in [0.15, 0.2) is 0 Å². The number of nitrogen functional groups attached to an aromatic ring is 1. The molecule has 2 rings (SSSR count). The van der Waals surface area contributed by atoms with Gasteiger partial charge in [-0.25, -0.2) is 13.4 Å². The Morgan fingerprint density at radius 1 is 1.10 bits per heavy atom. The minimum Gasteiger partial charge on any atom is -0.399 e. The number of aromatic nitrogens is 1. The number of sulfonamides is 1. The summed E-state index contributed by atoms with van der Waals surface area (Å²) in [5, 5.41) is 0. The Morgan fingerprint density at radius 3 is 2.19 bits per heavy atom. The highest BCUT2D eigenvalue weighted by molar-refractivity contribution is 9.10. The zero-order chi connectivity index (χ0) is 15.8. The summed E-state index contributed by atoms with van der Waals surface area (Å²) in [6.07, 6.45) is 1.57. The monoisotopic (exact) mass is 369 g/mol. The van der Waals surface area contributed by atoms with E-state index in [1.54, 1.807) is 38.2 Å². The Morgan fingerprint density at radius 2 is 1.67 bits per heavy atom. The second-order valence-electron chi connectivity index (χ2n) is 4.91. The molecule has 5 nitrogen and oxygen atoms in total. The molecule has 1 heterocycles. The number of anilines is 2. The molecule has 0 unspecified atom stereocenters. The first-order valence-electron chi connectivity index (χ1n) is 6.22. The van der Waals surface area contributed by atoms with Gasteiger partial charge in [0.05, 0.1) is 4.90 Å². The van der Waals surface area contributed by atoms with Crippen LogP contribution in [0.2, 0.25) is 0 Å². The number of rotatable bonds is 3. The molecule has 0 bridgehead atoms. The lowest BCUT2D eigenvalue weighted by Gasteiger charge is -2.13. The first kappa shape index (κ1) is 15.8. The normalized spacial score (nSPS) is 11.4. The molecular weight excluding hydrogens is 354 g/mol. The zero-order valence-electron chi connectivity index (χ0n) is 11.9. The van der Waals surface area contributed by atoms with Crippen molar-refractivity contribution in [3.05, 3.63) is 45.6 Å². The molecule has 3 N–H and O–H groups in total. The van der Waals surface area contributed by atoms with E-state index in [0.717, 1.165) is 10.0 Å². The van der Waals surface area contributed by atoms with Crippen molar-refractivity contribution in [1.29, 1.82) is 0 Å². The van der Waals surface area contributed by atoms with Crippen molar-refractivity contribution in [2.45, 2.75) is 25.7 Å². The molecule has 0 atom stereocenters. The molecule has 0 radical (unpaired) electrons. The third kappa shape index (κ3) is 3.36. The van der Waals surface area contributed by atoms with E-state index < -0.39 is 10.0 Å². The van der Waals surface area contributed by atoms with Crippen molar-refractivity contribution < 1.29 is 8.42 Å². The lowest BCUT2D eigenvalue weighted by atomic mass is 10.1. The molecule has 0 amide bonds. The van der Waals surface area contributed by atoms with Crippen LogP contribution in [0, 0.1) is 20.8 Å². The van der Waals surface area contributed by atoms with Crippen LogP contribution in [0.1, 0.15) is 16.7 Å². The number of hydrogen-bond acceptors (Lipinski definition) is 4. The fourth-order valence-corrected chi connectivity index (χ4v) is 3.86. The maximum Gasteiger partial charge on any atom is 0.263 e. The van der Waals surface area contributed by atoms with Crippen LogP contribution in [-0.4, -0.2) is 13.4 Å². The van der Waals surface area contributed by atoms with Crippen molar-refractivity contribution in [3.8, 4) is 0 Å². The summed E-state index contributed by atoms with van der Waals surface area (Å²) in [6.45, 7) is 5.31. The molecule has 0 fully saturated rings. The van der Waals surface area contributed by atoms with Gasteiger partial charge in [-0.3, -0.25) is 4.72 Å². The van der Waals surface area contributed by atoms with Crippen LogP contribution >= 0.6 is 15.9 Å². The predicted molar refractivity (Wildman–Crippen MR) is 87.8 cm³/mol. The molecule has 0 saturated heterocycles. The van der Waals surface area contributed by atoms with Crippen LogP contribution in [0.15, 0.2) is 33.8 Å². The maximum atomic E-state index is 12.5. The summed E-state index contributed by atoms with van der Waals surface area (Å²) >= 11 is 3.33. The summed E-state index contributed by atoms with van der Waals surface area (Å²) in [6, 6.07) is 4.95. The van der Waals surface area contributed by atoms with E-state index in [1.165, 1.54) is 0 Å². The predicted octanol–water partition coefficient (Wildman–Crippen LogP) is 3.15. The average Bonchev–Trinajstić information content (AvgIpc) is 2.31. The quantitative estimate of drug-likeness (QED) is 0.813. The number of nitrogens with two attached hydrogens (primary N) is 1. The van der Waals surface area contributed by atoms with Gasteiger partial charge in [-0.2, -0.15) is 0 Å². The number of nitrogens with zero attached hydrogens (tertiary/aromatic N) is 1. The fraction of sp³-hybridized carbons (Fsp3) is 0.214. The van der Waals surface area contributed by atoms with Crippen LogP contribution in [0.5, 0.6) is 0 Å². The number of pyridine rings is 1. The van der Waals surface area contributed by atoms with Gasteiger partial charge in [0.2, 0.25) is 0 Å². The molecule has 0 aliphatic rings. The second kappa shape index (κ2) is 5.65. The van der Waals surface area contributed by atoms with E-state index in [1.807, 2.05) is 6.92 Å². The summed E-state index contributed by atoms with van der Waals surface area (Å²) in [7, 11) is -3.70. The molecule has 2 aromatic rings. The third-order valence-electron chi connectivity index (χ3n) is 3.04. The van der Waals surface area contributed by atoms with Gasteiger partial charge in [0.25, 0.3) is 10.0 Å². The Kier molecular flexibility index (Phi) is 4.25. The Balaban J connectivity index is 2.46. The SMILES string of the molecule is Cc1cc(NS(=O)(=O)c2c(C)cc(N)cc2C)ncc1Br. The number of halogens is 1. The lowest BCUT2D eigenvalue weighted by Crippen LogP contribution is -2.17. The standard InChI is InChI=1S/C14H16BrN3O2S/c1-8-6-13(17-7-12(8)15)18-21(19,20)14-9(2)4-11(16)5-10(14)3/h4-7H,16H2,1-3H3,(H,17,18). The molecule has 0 aliphatic carbocycles. The third-order valence-corrected chi connectivity index (χ3v) is 5.53. The highest BCUT2D eigenvalue weighted by Gasteiger charge is 2.20. The summed E-state index contributed by atoms with van der Waals surface area (Å²) < 4.78 is 28.4. The van der Waals surface area contributed by atoms with Gasteiger partial charge < -0.3 is 5.73 Å². The van der Waals surface area contributed by atoms with Gasteiger partial charge in [-0.15, -0.1) is 0 Å². The minimum absolute atomic E-state index is 0.235. The maximum absolute atomic E-state index is 12.5. The van der Waals surface area contributed by atoms with Crippen LogP contribution in [0.25, 0.3) is 0 Å². The van der Waals surface area contributed by atoms with Crippen LogP contribution in [0.4, 0.5) is 11.5 Å². The topological polar surface area (TPSA) is 85.1 Å². The smallest absolute Gasteiger partial charge is 0.263 e. The minimum atomic E-state index is -3.70. The van der Waals surface area contributed by atoms with E-state index in [-0.39, 0.29) is 10.7 Å². The highest BCUT2D eigenvalue weighted by atomic mass is 79.9. The molecule has 1 aromatic carbocycles. The highest BCUT2D eigenvalue weighted by Crippen LogP contribution is 2.25. The van der Waals surface area contributed by atoms with Gasteiger partial charge in [0, 0.05) is 16.4 Å². The number of hydrogen-bond donors (Lipinski definition) is 2. The molecule has 1 aromatic heterocycles. The second-order valence-corrected chi connectivity index (χ2v) is 7.38. The average molecular weight is 370 g/mol. The lowest BCUT2D eigenvalue weighted by molar-refractivity contribution is 0.600. The van der Waals surface area contributed by atoms with Gasteiger partial charge in [0.1, 0.15) is 5.82 Å². The van der Waals surface area contributed by atoms with Crippen LogP contribution in [-0.2, 0) is 10.0 Å². The number of aryl methyl sites for hydroxylation is 3. The van der Waals surface area contributed by atoms with Crippen molar-refractivity contribution in [3.63, 3.8) is 0 Å². The summed E-state index contributed by atoms with van der Waals surface area (Å²) in [4.78, 5) is 4.30. The van der Waals surface area contributed by atoms with Gasteiger partial charge in [-0.1, -0.05) is 0 Å².